The fourth-order valence-electron chi connectivity index (χ4n) is 1.75. The lowest BCUT2D eigenvalue weighted by Crippen LogP contribution is -2.36. The van der Waals surface area contributed by atoms with E-state index in [-0.39, 0.29) is 11.9 Å². The van der Waals surface area contributed by atoms with E-state index in [0.29, 0.717) is 13.0 Å². The second-order valence-corrected chi connectivity index (χ2v) is 4.49. The Bertz CT molecular complexity index is 422. The molecule has 0 radical (unpaired) electrons. The summed E-state index contributed by atoms with van der Waals surface area (Å²) in [7, 11) is 5.34. The van der Waals surface area contributed by atoms with E-state index in [2.05, 4.69) is 6.07 Å². The Morgan fingerprint density at radius 3 is 2.39 bits per heavy atom. The number of nitriles is 1. The standard InChI is InChI=1S/C14H19N3O/c1-16(2)14(18)11-17(3)13(9-10-15)12-7-5-4-6-8-12/h4-8,13H,9,11H2,1-3H3. The van der Waals surface area contributed by atoms with Crippen LogP contribution in [-0.4, -0.2) is 43.4 Å². The van der Waals surface area contributed by atoms with Crippen LogP contribution in [0.2, 0.25) is 0 Å². The maximum Gasteiger partial charge on any atom is 0.236 e. The Morgan fingerprint density at radius 1 is 1.28 bits per heavy atom. The summed E-state index contributed by atoms with van der Waals surface area (Å²) in [4.78, 5) is 15.2. The highest BCUT2D eigenvalue weighted by Gasteiger charge is 2.19. The Balaban J connectivity index is 2.80. The lowest BCUT2D eigenvalue weighted by molar-refractivity contribution is -0.130. The van der Waals surface area contributed by atoms with E-state index in [4.69, 9.17) is 5.26 Å². The van der Waals surface area contributed by atoms with E-state index in [0.717, 1.165) is 5.56 Å². The van der Waals surface area contributed by atoms with Crippen LogP contribution in [0.15, 0.2) is 30.3 Å². The molecule has 0 spiro atoms. The minimum absolute atomic E-state index is 0.0383. The van der Waals surface area contributed by atoms with Crippen LogP contribution in [0.5, 0.6) is 0 Å². The van der Waals surface area contributed by atoms with E-state index in [1.54, 1.807) is 19.0 Å². The average Bonchev–Trinajstić information content (AvgIpc) is 2.36. The summed E-state index contributed by atoms with van der Waals surface area (Å²) in [5, 5.41) is 8.92. The van der Waals surface area contributed by atoms with Gasteiger partial charge in [0.15, 0.2) is 0 Å². The fraction of sp³-hybridized carbons (Fsp3) is 0.429. The number of rotatable bonds is 5. The zero-order chi connectivity index (χ0) is 13.5. The van der Waals surface area contributed by atoms with Crippen LogP contribution in [0, 0.1) is 11.3 Å². The van der Waals surface area contributed by atoms with Crippen LogP contribution >= 0.6 is 0 Å². The minimum atomic E-state index is -0.0416. The molecule has 1 amide bonds. The Kier molecular flexibility index (Phi) is 5.34. The van der Waals surface area contributed by atoms with E-state index in [9.17, 15) is 4.79 Å². The van der Waals surface area contributed by atoms with Crippen molar-refractivity contribution in [3.63, 3.8) is 0 Å². The van der Waals surface area contributed by atoms with Gasteiger partial charge in [-0.25, -0.2) is 0 Å². The van der Waals surface area contributed by atoms with Crippen molar-refractivity contribution >= 4 is 5.91 Å². The summed E-state index contributed by atoms with van der Waals surface area (Å²) in [6, 6.07) is 11.9. The van der Waals surface area contributed by atoms with Gasteiger partial charge in [-0.3, -0.25) is 9.69 Å². The van der Waals surface area contributed by atoms with Gasteiger partial charge in [-0.2, -0.15) is 5.26 Å². The van der Waals surface area contributed by atoms with Crippen LogP contribution in [0.4, 0.5) is 0 Å². The topological polar surface area (TPSA) is 47.3 Å². The molecule has 0 bridgehead atoms. The number of benzene rings is 1. The van der Waals surface area contributed by atoms with E-state index in [1.165, 1.54) is 0 Å². The molecule has 4 heteroatoms. The number of nitrogens with zero attached hydrogens (tertiary/aromatic N) is 3. The highest BCUT2D eigenvalue weighted by atomic mass is 16.2. The first-order valence-corrected chi connectivity index (χ1v) is 5.88. The van der Waals surface area contributed by atoms with Crippen molar-refractivity contribution in [3.8, 4) is 6.07 Å². The normalized spacial score (nSPS) is 11.9. The van der Waals surface area contributed by atoms with E-state index < -0.39 is 0 Å². The first kappa shape index (κ1) is 14.2. The zero-order valence-corrected chi connectivity index (χ0v) is 11.1. The van der Waals surface area contributed by atoms with Crippen molar-refractivity contribution in [2.24, 2.45) is 0 Å². The molecule has 1 aromatic carbocycles. The van der Waals surface area contributed by atoms with Crippen molar-refractivity contribution in [3.05, 3.63) is 35.9 Å². The fourth-order valence-corrected chi connectivity index (χ4v) is 1.75. The molecule has 0 aliphatic carbocycles. The second kappa shape index (κ2) is 6.77. The van der Waals surface area contributed by atoms with Gasteiger partial charge in [-0.15, -0.1) is 0 Å². The molecule has 0 aliphatic rings. The average molecular weight is 245 g/mol. The van der Waals surface area contributed by atoms with Crippen LogP contribution < -0.4 is 0 Å². The molecule has 1 unspecified atom stereocenters. The SMILES string of the molecule is CN(C)C(=O)CN(C)C(CC#N)c1ccccc1. The van der Waals surface area contributed by atoms with Gasteiger partial charge in [0.05, 0.1) is 19.0 Å². The van der Waals surface area contributed by atoms with Gasteiger partial charge in [0.2, 0.25) is 5.91 Å². The highest BCUT2D eigenvalue weighted by Crippen LogP contribution is 2.22. The molecule has 4 nitrogen and oxygen atoms in total. The number of hydrogen-bond acceptors (Lipinski definition) is 3. The van der Waals surface area contributed by atoms with Gasteiger partial charge >= 0.3 is 0 Å². The van der Waals surface area contributed by atoms with Crippen molar-refractivity contribution in [2.45, 2.75) is 12.5 Å². The maximum atomic E-state index is 11.7. The Morgan fingerprint density at radius 2 is 1.89 bits per heavy atom. The first-order valence-electron chi connectivity index (χ1n) is 5.88. The van der Waals surface area contributed by atoms with Crippen molar-refractivity contribution in [2.75, 3.05) is 27.7 Å². The lowest BCUT2D eigenvalue weighted by atomic mass is 10.0. The molecule has 0 saturated carbocycles. The van der Waals surface area contributed by atoms with Gasteiger partial charge < -0.3 is 4.90 Å². The predicted molar refractivity (Wildman–Crippen MR) is 70.7 cm³/mol. The second-order valence-electron chi connectivity index (χ2n) is 4.49. The third-order valence-corrected chi connectivity index (χ3v) is 2.88. The molecule has 18 heavy (non-hydrogen) atoms. The summed E-state index contributed by atoms with van der Waals surface area (Å²) in [6.45, 7) is 0.314. The molecule has 1 atom stereocenters. The third-order valence-electron chi connectivity index (χ3n) is 2.88. The molecule has 0 aliphatic heterocycles. The summed E-state index contributed by atoms with van der Waals surface area (Å²) >= 11 is 0. The minimum Gasteiger partial charge on any atom is -0.348 e. The van der Waals surface area contributed by atoms with Crippen LogP contribution in [0.25, 0.3) is 0 Å². The predicted octanol–water partition coefficient (Wildman–Crippen LogP) is 1.66. The van der Waals surface area contributed by atoms with Gasteiger partial charge in [0.25, 0.3) is 0 Å². The van der Waals surface area contributed by atoms with Gasteiger partial charge in [-0.05, 0) is 12.6 Å². The quantitative estimate of drug-likeness (QED) is 0.792. The molecule has 0 fully saturated rings. The lowest BCUT2D eigenvalue weighted by Gasteiger charge is -2.27. The van der Waals surface area contributed by atoms with Crippen LogP contribution in [0.3, 0.4) is 0 Å². The Labute approximate surface area is 108 Å². The van der Waals surface area contributed by atoms with Gasteiger partial charge in [-0.1, -0.05) is 30.3 Å². The number of likely N-dealkylation sites (N-methyl/N-ethyl adjacent to an activating group) is 2. The van der Waals surface area contributed by atoms with Crippen LogP contribution in [-0.2, 0) is 4.79 Å². The van der Waals surface area contributed by atoms with Gasteiger partial charge in [0, 0.05) is 20.1 Å². The monoisotopic (exact) mass is 245 g/mol. The number of carbonyl (C=O) groups is 1. The molecule has 0 aromatic heterocycles. The van der Waals surface area contributed by atoms with Crippen molar-refractivity contribution in [1.29, 1.82) is 5.26 Å². The number of hydrogen-bond donors (Lipinski definition) is 0. The molecule has 96 valence electrons. The zero-order valence-electron chi connectivity index (χ0n) is 11.1. The first-order chi connectivity index (χ1) is 8.56. The molecular formula is C14H19N3O. The molecule has 0 heterocycles. The Hall–Kier alpha value is -1.86. The third kappa shape index (κ3) is 3.86. The number of carbonyl (C=O) groups excluding carboxylic acids is 1. The van der Waals surface area contributed by atoms with Crippen LogP contribution in [0.1, 0.15) is 18.0 Å². The molecular weight excluding hydrogens is 226 g/mol. The smallest absolute Gasteiger partial charge is 0.236 e. The van der Waals surface area contributed by atoms with Crippen molar-refractivity contribution < 1.29 is 4.79 Å². The van der Waals surface area contributed by atoms with Gasteiger partial charge in [0.1, 0.15) is 0 Å². The molecule has 0 N–H and O–H groups in total. The summed E-state index contributed by atoms with van der Waals surface area (Å²) in [5.74, 6) is 0.0383. The molecule has 0 saturated heterocycles. The largest absolute Gasteiger partial charge is 0.348 e. The summed E-state index contributed by atoms with van der Waals surface area (Å²) < 4.78 is 0. The summed E-state index contributed by atoms with van der Waals surface area (Å²) in [5.41, 5.74) is 1.06. The van der Waals surface area contributed by atoms with E-state index >= 15 is 0 Å². The maximum absolute atomic E-state index is 11.7. The molecule has 1 aromatic rings. The summed E-state index contributed by atoms with van der Waals surface area (Å²) in [6.07, 6.45) is 0.376. The van der Waals surface area contributed by atoms with Crippen molar-refractivity contribution in [1.82, 2.24) is 9.80 Å². The highest BCUT2D eigenvalue weighted by molar-refractivity contribution is 5.77. The van der Waals surface area contributed by atoms with E-state index in [1.807, 2.05) is 42.3 Å². The number of amides is 1. The molecule has 1 rings (SSSR count).